The van der Waals surface area contributed by atoms with Crippen molar-refractivity contribution in [2.24, 2.45) is 22.2 Å². The minimum absolute atomic E-state index is 0.0639. The average molecular weight is 651 g/mol. The normalized spacial score (nSPS) is 24.0. The molecule has 11 heteroatoms. The lowest BCUT2D eigenvalue weighted by Gasteiger charge is -2.49. The zero-order valence-electron chi connectivity index (χ0n) is 26.2. The monoisotopic (exact) mass is 649 g/mol. The Hall–Kier alpha value is -3.30. The molecule has 238 valence electrons. The summed E-state index contributed by atoms with van der Waals surface area (Å²) in [7, 11) is 0. The molecule has 0 radical (unpaired) electrons. The molecule has 3 aliphatic rings. The Morgan fingerprint density at radius 3 is 2.44 bits per heavy atom. The van der Waals surface area contributed by atoms with Gasteiger partial charge >= 0.3 is 0 Å². The minimum atomic E-state index is -0.636. The molecule has 2 N–H and O–H groups in total. The van der Waals surface area contributed by atoms with Crippen LogP contribution in [0.2, 0.25) is 10.0 Å². The smallest absolute Gasteiger partial charge is 0.275 e. The number of benzene rings is 2. The van der Waals surface area contributed by atoms with Gasteiger partial charge in [-0.25, -0.2) is 0 Å². The molecule has 0 bridgehead atoms. The molecule has 1 spiro atoms. The van der Waals surface area contributed by atoms with Crippen LogP contribution in [0, 0.1) is 17.3 Å². The summed E-state index contributed by atoms with van der Waals surface area (Å²) < 4.78 is 0. The number of fused-ring (bicyclic) bond motifs is 1. The summed E-state index contributed by atoms with van der Waals surface area (Å²) in [6.45, 7) is 6.86. The zero-order valence-corrected chi connectivity index (χ0v) is 27.7. The predicted molar refractivity (Wildman–Crippen MR) is 175 cm³/mol. The summed E-state index contributed by atoms with van der Waals surface area (Å²) in [6, 6.07) is 12.7. The van der Waals surface area contributed by atoms with Crippen molar-refractivity contribution in [1.29, 1.82) is 0 Å². The van der Waals surface area contributed by atoms with Crippen molar-refractivity contribution >= 4 is 40.7 Å². The Labute approximate surface area is 274 Å². The van der Waals surface area contributed by atoms with Crippen molar-refractivity contribution in [3.8, 4) is 0 Å². The Bertz CT molecular complexity index is 1550. The fourth-order valence-corrected chi connectivity index (χ4v) is 8.03. The van der Waals surface area contributed by atoms with E-state index in [1.807, 2.05) is 24.3 Å². The number of halogens is 2. The highest BCUT2D eigenvalue weighted by molar-refractivity contribution is 6.47. The van der Waals surface area contributed by atoms with E-state index in [2.05, 4.69) is 51.6 Å². The molecule has 1 aromatic heterocycles. The number of rotatable bonds is 8. The van der Waals surface area contributed by atoms with Crippen LogP contribution in [0.1, 0.15) is 112 Å². The fraction of sp³-hybridized carbons (Fsp3) is 0.529. The maximum atomic E-state index is 14.7. The van der Waals surface area contributed by atoms with E-state index in [1.54, 1.807) is 18.2 Å². The largest absolute Gasteiger partial charge is 0.345 e. The first-order valence-electron chi connectivity index (χ1n) is 16.0. The Balaban J connectivity index is 1.36. The summed E-state index contributed by atoms with van der Waals surface area (Å²) >= 11 is 12.8. The van der Waals surface area contributed by atoms with Crippen molar-refractivity contribution in [1.82, 2.24) is 30.8 Å². The molecular weight excluding hydrogens is 609 g/mol. The number of aromatic amines is 1. The van der Waals surface area contributed by atoms with E-state index in [4.69, 9.17) is 28.2 Å². The number of H-pyrrole nitrogens is 1. The number of hydrogen-bond donors (Lipinski definition) is 2. The number of aliphatic imine (C=N–C) groups is 1. The van der Waals surface area contributed by atoms with Gasteiger partial charge in [0, 0.05) is 21.2 Å². The lowest BCUT2D eigenvalue weighted by Crippen LogP contribution is -2.53. The molecule has 2 saturated carbocycles. The van der Waals surface area contributed by atoms with E-state index >= 15 is 0 Å². The maximum Gasteiger partial charge on any atom is 0.275 e. The summed E-state index contributed by atoms with van der Waals surface area (Å²) in [5.74, 6) is 1.33. The number of nitrogens with one attached hydrogen (secondary N) is 2. The first-order valence-corrected chi connectivity index (χ1v) is 16.8. The van der Waals surface area contributed by atoms with Crippen LogP contribution in [0.15, 0.2) is 47.5 Å². The second-order valence-corrected chi connectivity index (χ2v) is 14.9. The number of carbonyl (C=O) groups excluding carboxylic acids is 2. The number of carbonyl (C=O) groups is 2. The highest BCUT2D eigenvalue weighted by atomic mass is 35.5. The van der Waals surface area contributed by atoms with Crippen LogP contribution >= 0.6 is 23.2 Å². The van der Waals surface area contributed by atoms with E-state index < -0.39 is 5.66 Å². The summed E-state index contributed by atoms with van der Waals surface area (Å²) in [5, 5.41) is 17.5. The maximum absolute atomic E-state index is 14.7. The fourth-order valence-electron chi connectivity index (χ4n) is 7.51. The zero-order chi connectivity index (χ0) is 31.8. The Morgan fingerprint density at radius 1 is 1.07 bits per heavy atom. The van der Waals surface area contributed by atoms with Crippen LogP contribution in [0.4, 0.5) is 0 Å². The second-order valence-electron chi connectivity index (χ2n) is 14.1. The average Bonchev–Trinajstić information content (AvgIpc) is 3.62. The molecule has 4 atom stereocenters. The Morgan fingerprint density at radius 2 is 1.78 bits per heavy atom. The van der Waals surface area contributed by atoms with Crippen LogP contribution in [0.25, 0.3) is 0 Å². The molecule has 3 aromatic rings. The first kappa shape index (κ1) is 31.7. The van der Waals surface area contributed by atoms with E-state index in [0.717, 1.165) is 37.7 Å². The molecule has 1 aliphatic heterocycles. The van der Waals surface area contributed by atoms with Gasteiger partial charge in [-0.05, 0) is 85.3 Å². The molecular formula is C34H41Cl2N7O2. The summed E-state index contributed by atoms with van der Waals surface area (Å²) in [5.41, 5.74) is 2.04. The van der Waals surface area contributed by atoms with Crippen molar-refractivity contribution < 1.29 is 9.59 Å². The molecule has 2 aliphatic carbocycles. The van der Waals surface area contributed by atoms with Crippen molar-refractivity contribution in [2.45, 2.75) is 96.8 Å². The number of aromatic nitrogens is 4. The lowest BCUT2D eigenvalue weighted by molar-refractivity contribution is -0.135. The lowest BCUT2D eigenvalue weighted by atomic mass is 9.67. The van der Waals surface area contributed by atoms with Crippen molar-refractivity contribution in [2.75, 3.05) is 0 Å². The minimum Gasteiger partial charge on any atom is -0.345 e. The third-order valence-electron chi connectivity index (χ3n) is 9.73. The molecule has 3 unspecified atom stereocenters. The van der Waals surface area contributed by atoms with Gasteiger partial charge in [0.15, 0.2) is 5.82 Å². The van der Waals surface area contributed by atoms with E-state index in [1.165, 1.54) is 25.7 Å². The quantitative estimate of drug-likeness (QED) is 0.265. The number of tetrazole rings is 1. The molecule has 2 heterocycles. The van der Waals surface area contributed by atoms with Gasteiger partial charge in [-0.2, -0.15) is 5.21 Å². The molecule has 9 nitrogen and oxygen atoms in total. The highest BCUT2D eigenvalue weighted by Crippen LogP contribution is 2.52. The van der Waals surface area contributed by atoms with E-state index in [9.17, 15) is 9.59 Å². The van der Waals surface area contributed by atoms with Crippen LogP contribution in [0.3, 0.4) is 0 Å². The van der Waals surface area contributed by atoms with Gasteiger partial charge in [-0.1, -0.05) is 87.0 Å². The van der Waals surface area contributed by atoms with Crippen molar-refractivity contribution in [3.63, 3.8) is 0 Å². The van der Waals surface area contributed by atoms with Crippen LogP contribution in [-0.4, -0.2) is 48.7 Å². The van der Waals surface area contributed by atoms with Crippen molar-refractivity contribution in [3.05, 3.63) is 75.0 Å². The third-order valence-corrected chi connectivity index (χ3v) is 10.2. The van der Waals surface area contributed by atoms with Gasteiger partial charge < -0.3 is 10.2 Å². The van der Waals surface area contributed by atoms with Crippen LogP contribution in [0.5, 0.6) is 0 Å². The van der Waals surface area contributed by atoms with E-state index in [0.29, 0.717) is 44.5 Å². The van der Waals surface area contributed by atoms with Gasteiger partial charge in [-0.3, -0.25) is 14.6 Å². The van der Waals surface area contributed by atoms with Crippen LogP contribution in [-0.2, 0) is 11.3 Å². The van der Waals surface area contributed by atoms with Gasteiger partial charge in [0.1, 0.15) is 11.4 Å². The third kappa shape index (κ3) is 6.94. The molecule has 2 fully saturated rings. The first-order chi connectivity index (χ1) is 21.5. The molecule has 6 rings (SSSR count). The number of nitrogens with zero attached hydrogens (tertiary/aromatic N) is 5. The SMILES string of the molecule is CC(C)(C)CC[C@H](c1ccc(C(=O)NCc2nn[nH]n2)cc1)N1C(=O)C(c2cc(Cl)cc(Cl)c2)=NC12CCC1CCCCC1C2. The molecule has 2 aromatic carbocycles. The van der Waals surface area contributed by atoms with Gasteiger partial charge in [0.25, 0.3) is 11.8 Å². The predicted octanol–water partition coefficient (Wildman–Crippen LogP) is 7.32. The van der Waals surface area contributed by atoms with Gasteiger partial charge in [0.05, 0.1) is 12.6 Å². The number of amides is 2. The molecule has 2 amide bonds. The standard InChI is InChI=1S/C34H41Cl2N7O2/c1-33(2,3)14-13-28(22-8-10-23(11-9-22)31(44)37-20-29-39-41-42-40-29)43-32(45)30(25-16-26(35)18-27(36)17-25)38-34(43)15-12-21-6-4-5-7-24(21)19-34/h8-11,16-18,21,24,28H,4-7,12-15,19-20H2,1-3H3,(H,37,44)(H,39,40,41,42)/t21?,24?,28-,34?/m1/s1. The van der Waals surface area contributed by atoms with E-state index in [-0.39, 0.29) is 29.8 Å². The van der Waals surface area contributed by atoms with Gasteiger partial charge in [0.2, 0.25) is 0 Å². The summed E-state index contributed by atoms with van der Waals surface area (Å²) in [6.07, 6.45) is 9.41. The number of hydrogen-bond acceptors (Lipinski definition) is 6. The molecule has 0 saturated heterocycles. The molecule has 45 heavy (non-hydrogen) atoms. The van der Waals surface area contributed by atoms with Crippen LogP contribution < -0.4 is 5.32 Å². The Kier molecular flexibility index (Phi) is 9.03. The van der Waals surface area contributed by atoms with Gasteiger partial charge in [-0.15, -0.1) is 10.2 Å². The topological polar surface area (TPSA) is 116 Å². The second kappa shape index (κ2) is 12.8. The summed E-state index contributed by atoms with van der Waals surface area (Å²) in [4.78, 5) is 35.1. The highest BCUT2D eigenvalue weighted by Gasteiger charge is 2.54.